The van der Waals surface area contributed by atoms with Gasteiger partial charge in [-0.3, -0.25) is 5.32 Å². The number of tetrazole rings is 1. The van der Waals surface area contributed by atoms with Crippen LogP contribution in [0.15, 0.2) is 29.4 Å². The summed E-state index contributed by atoms with van der Waals surface area (Å²) in [6.07, 6.45) is 2.91. The van der Waals surface area contributed by atoms with Crippen LogP contribution in [-0.4, -0.2) is 75.7 Å². The molecule has 1 aliphatic carbocycles. The molecule has 2 aliphatic heterocycles. The second-order valence-corrected chi connectivity index (χ2v) is 9.73. The van der Waals surface area contributed by atoms with Crippen LogP contribution in [0.3, 0.4) is 0 Å². The summed E-state index contributed by atoms with van der Waals surface area (Å²) < 4.78 is 24.3. The SMILES string of the molecule is CCOC(=O)c1cccc(NC(=O)OC2COC3C2OCC3n2nnnc2SC2CCCC2)c1. The van der Waals surface area contributed by atoms with Gasteiger partial charge in [0, 0.05) is 10.9 Å². The molecule has 34 heavy (non-hydrogen) atoms. The lowest BCUT2D eigenvalue weighted by atomic mass is 10.1. The minimum Gasteiger partial charge on any atom is -0.462 e. The Morgan fingerprint density at radius 2 is 2.03 bits per heavy atom. The minimum atomic E-state index is -0.651. The van der Waals surface area contributed by atoms with E-state index < -0.39 is 24.3 Å². The number of aromatic nitrogens is 4. The van der Waals surface area contributed by atoms with Crippen molar-refractivity contribution in [2.24, 2.45) is 0 Å². The second kappa shape index (κ2) is 10.3. The molecule has 1 amide bonds. The Hall–Kier alpha value is -2.70. The Kier molecular flexibility index (Phi) is 6.97. The van der Waals surface area contributed by atoms with Crippen LogP contribution >= 0.6 is 11.8 Å². The molecule has 0 spiro atoms. The topological polar surface area (TPSA) is 127 Å². The smallest absolute Gasteiger partial charge is 0.412 e. The first-order valence-corrected chi connectivity index (χ1v) is 12.4. The van der Waals surface area contributed by atoms with Crippen molar-refractivity contribution in [1.82, 2.24) is 20.2 Å². The number of thioether (sulfide) groups is 1. The van der Waals surface area contributed by atoms with Crippen LogP contribution in [0.4, 0.5) is 10.5 Å². The van der Waals surface area contributed by atoms with Gasteiger partial charge in [0.25, 0.3) is 0 Å². The largest absolute Gasteiger partial charge is 0.462 e. The molecule has 11 nitrogen and oxygen atoms in total. The predicted molar refractivity (Wildman–Crippen MR) is 121 cm³/mol. The maximum absolute atomic E-state index is 12.5. The molecule has 1 aromatic heterocycles. The highest BCUT2D eigenvalue weighted by Crippen LogP contribution is 2.39. The molecule has 3 heterocycles. The van der Waals surface area contributed by atoms with Gasteiger partial charge in [0.1, 0.15) is 18.2 Å². The van der Waals surface area contributed by atoms with E-state index in [1.165, 1.54) is 31.7 Å². The van der Waals surface area contributed by atoms with E-state index >= 15 is 0 Å². The standard InChI is InChI=1S/C22H27N5O6S/c1-2-30-20(28)13-6-5-7-14(10-13)23-22(29)33-17-12-32-18-16(11-31-19(17)18)27-21(24-25-26-27)34-15-8-3-4-9-15/h5-7,10,15-19H,2-4,8-9,11-12H2,1H3,(H,23,29). The van der Waals surface area contributed by atoms with Crippen molar-refractivity contribution < 1.29 is 28.5 Å². The van der Waals surface area contributed by atoms with Gasteiger partial charge >= 0.3 is 12.1 Å². The fourth-order valence-electron chi connectivity index (χ4n) is 4.60. The molecule has 2 saturated heterocycles. The van der Waals surface area contributed by atoms with Gasteiger partial charge in [0.2, 0.25) is 5.16 Å². The third kappa shape index (κ3) is 4.89. The zero-order valence-corrected chi connectivity index (χ0v) is 19.6. The van der Waals surface area contributed by atoms with Gasteiger partial charge in [-0.15, -0.1) is 5.10 Å². The van der Waals surface area contributed by atoms with Gasteiger partial charge in [-0.25, -0.2) is 14.3 Å². The van der Waals surface area contributed by atoms with Crippen LogP contribution in [0.25, 0.3) is 0 Å². The number of esters is 1. The van der Waals surface area contributed by atoms with Gasteiger partial charge in [-0.2, -0.15) is 0 Å². The van der Waals surface area contributed by atoms with Gasteiger partial charge in [0.05, 0.1) is 25.4 Å². The number of carbonyl (C=O) groups excluding carboxylic acids is 2. The summed E-state index contributed by atoms with van der Waals surface area (Å²) in [5.74, 6) is -0.454. The maximum Gasteiger partial charge on any atom is 0.412 e. The molecule has 4 atom stereocenters. The van der Waals surface area contributed by atoms with Crippen molar-refractivity contribution in [3.05, 3.63) is 29.8 Å². The number of carbonyl (C=O) groups is 2. The molecule has 182 valence electrons. The second-order valence-electron chi connectivity index (χ2n) is 8.46. The highest BCUT2D eigenvalue weighted by atomic mass is 32.2. The summed E-state index contributed by atoms with van der Waals surface area (Å²) in [5, 5.41) is 16.2. The summed E-state index contributed by atoms with van der Waals surface area (Å²) in [6, 6.07) is 6.31. The highest BCUT2D eigenvalue weighted by Gasteiger charge is 2.51. The zero-order valence-electron chi connectivity index (χ0n) is 18.8. The number of amides is 1. The fourth-order valence-corrected chi connectivity index (χ4v) is 5.84. The first-order chi connectivity index (χ1) is 16.6. The molecule has 12 heteroatoms. The van der Waals surface area contributed by atoms with Gasteiger partial charge in [-0.1, -0.05) is 30.7 Å². The Balaban J connectivity index is 1.18. The quantitative estimate of drug-likeness (QED) is 0.580. The molecule has 3 aliphatic rings. The molecule has 4 unspecified atom stereocenters. The van der Waals surface area contributed by atoms with Crippen LogP contribution in [0.1, 0.15) is 49.0 Å². The van der Waals surface area contributed by atoms with E-state index in [9.17, 15) is 9.59 Å². The van der Waals surface area contributed by atoms with Crippen molar-refractivity contribution in [3.63, 3.8) is 0 Å². The number of rotatable bonds is 7. The first-order valence-electron chi connectivity index (χ1n) is 11.5. The third-order valence-electron chi connectivity index (χ3n) is 6.21. The lowest BCUT2D eigenvalue weighted by Gasteiger charge is -2.18. The summed E-state index contributed by atoms with van der Waals surface area (Å²) in [6.45, 7) is 2.60. The van der Waals surface area contributed by atoms with E-state index in [1.807, 2.05) is 0 Å². The molecule has 3 fully saturated rings. The molecule has 1 saturated carbocycles. The minimum absolute atomic E-state index is 0.179. The van der Waals surface area contributed by atoms with Crippen molar-refractivity contribution in [2.45, 2.75) is 67.4 Å². The molecular weight excluding hydrogens is 462 g/mol. The highest BCUT2D eigenvalue weighted by molar-refractivity contribution is 7.99. The molecule has 1 aromatic carbocycles. The Labute approximate surface area is 200 Å². The predicted octanol–water partition coefficient (Wildman–Crippen LogP) is 2.84. The van der Waals surface area contributed by atoms with E-state index in [2.05, 4.69) is 20.8 Å². The van der Waals surface area contributed by atoms with Gasteiger partial charge < -0.3 is 18.9 Å². The maximum atomic E-state index is 12.5. The molecule has 0 bridgehead atoms. The zero-order chi connectivity index (χ0) is 23.5. The van der Waals surface area contributed by atoms with Crippen LogP contribution in [0.5, 0.6) is 0 Å². The summed E-state index contributed by atoms with van der Waals surface area (Å²) >= 11 is 1.71. The number of benzene rings is 1. The molecule has 5 rings (SSSR count). The number of fused-ring (bicyclic) bond motifs is 1. The van der Waals surface area contributed by atoms with Crippen LogP contribution in [0, 0.1) is 0 Å². The van der Waals surface area contributed by atoms with Crippen LogP contribution in [-0.2, 0) is 18.9 Å². The van der Waals surface area contributed by atoms with E-state index in [1.54, 1.807) is 41.6 Å². The average Bonchev–Trinajstić information content (AvgIpc) is 3.61. The van der Waals surface area contributed by atoms with Crippen molar-refractivity contribution in [2.75, 3.05) is 25.1 Å². The molecular formula is C22H27N5O6S. The summed E-state index contributed by atoms with van der Waals surface area (Å²) in [7, 11) is 0. The monoisotopic (exact) mass is 489 g/mol. The van der Waals surface area contributed by atoms with E-state index in [-0.39, 0.29) is 25.4 Å². The van der Waals surface area contributed by atoms with Gasteiger partial charge in [-0.05, 0) is 48.4 Å². The number of hydrogen-bond acceptors (Lipinski definition) is 10. The number of anilines is 1. The Morgan fingerprint density at radius 1 is 1.21 bits per heavy atom. The number of nitrogens with one attached hydrogen (secondary N) is 1. The fraction of sp³-hybridized carbons (Fsp3) is 0.591. The van der Waals surface area contributed by atoms with Crippen LogP contribution in [0.2, 0.25) is 0 Å². The van der Waals surface area contributed by atoms with Crippen molar-refractivity contribution in [3.8, 4) is 0 Å². The van der Waals surface area contributed by atoms with E-state index in [0.29, 0.717) is 23.1 Å². The van der Waals surface area contributed by atoms with E-state index in [4.69, 9.17) is 18.9 Å². The first kappa shape index (κ1) is 23.1. The van der Waals surface area contributed by atoms with Gasteiger partial charge in [0.15, 0.2) is 6.10 Å². The number of ether oxygens (including phenoxy) is 4. The van der Waals surface area contributed by atoms with Crippen molar-refractivity contribution >= 4 is 29.5 Å². The average molecular weight is 490 g/mol. The Morgan fingerprint density at radius 3 is 2.85 bits per heavy atom. The molecule has 1 N–H and O–H groups in total. The molecule has 2 aromatic rings. The third-order valence-corrected chi connectivity index (χ3v) is 7.50. The normalized spacial score (nSPS) is 26.4. The summed E-state index contributed by atoms with van der Waals surface area (Å²) in [5.41, 5.74) is 0.775. The van der Waals surface area contributed by atoms with E-state index in [0.717, 1.165) is 5.16 Å². The summed E-state index contributed by atoms with van der Waals surface area (Å²) in [4.78, 5) is 24.4. The van der Waals surface area contributed by atoms with Crippen LogP contribution < -0.4 is 5.32 Å². The number of hydrogen-bond donors (Lipinski definition) is 1. The molecule has 0 radical (unpaired) electrons. The van der Waals surface area contributed by atoms with Crippen molar-refractivity contribution in [1.29, 1.82) is 0 Å². The lowest BCUT2D eigenvalue weighted by molar-refractivity contribution is 0.00751. The lowest BCUT2D eigenvalue weighted by Crippen LogP contribution is -2.35. The number of nitrogens with zero attached hydrogens (tertiary/aromatic N) is 4. The Bertz CT molecular complexity index is 1030.